The van der Waals surface area contributed by atoms with Crippen LogP contribution in [0.15, 0.2) is 18.5 Å². The number of aromatic nitrogens is 4. The van der Waals surface area contributed by atoms with Gasteiger partial charge in [0.25, 0.3) is 5.91 Å². The van der Waals surface area contributed by atoms with E-state index >= 15 is 0 Å². The average molecular weight is 313 g/mol. The molecule has 7 heteroatoms. The van der Waals surface area contributed by atoms with Crippen molar-refractivity contribution in [1.29, 1.82) is 0 Å². The first-order valence-electron chi connectivity index (χ1n) is 7.55. The topological polar surface area (TPSA) is 81.1 Å². The third kappa shape index (κ3) is 3.34. The lowest BCUT2D eigenvalue weighted by Crippen LogP contribution is -2.42. The highest BCUT2D eigenvalue weighted by atomic mass is 16.5. The summed E-state index contributed by atoms with van der Waals surface area (Å²) in [6.45, 7) is 6.96. The van der Waals surface area contributed by atoms with Gasteiger partial charge >= 0.3 is 0 Å². The van der Waals surface area contributed by atoms with Crippen LogP contribution in [-0.4, -0.2) is 50.4 Å². The van der Waals surface area contributed by atoms with E-state index in [1.165, 1.54) is 0 Å². The van der Waals surface area contributed by atoms with Gasteiger partial charge in [-0.25, -0.2) is 19.9 Å². The average Bonchev–Trinajstić information content (AvgIpc) is 2.54. The first kappa shape index (κ1) is 15.5. The van der Waals surface area contributed by atoms with Crippen LogP contribution in [0.3, 0.4) is 0 Å². The van der Waals surface area contributed by atoms with Crippen LogP contribution in [0, 0.1) is 20.8 Å². The van der Waals surface area contributed by atoms with Crippen molar-refractivity contribution in [2.75, 3.05) is 19.7 Å². The zero-order valence-corrected chi connectivity index (χ0v) is 13.5. The molecule has 1 aliphatic heterocycles. The minimum atomic E-state index is -0.235. The van der Waals surface area contributed by atoms with Crippen LogP contribution in [0.2, 0.25) is 0 Å². The summed E-state index contributed by atoms with van der Waals surface area (Å²) in [4.78, 5) is 31.4. The molecule has 23 heavy (non-hydrogen) atoms. The third-order valence-corrected chi connectivity index (χ3v) is 3.81. The Morgan fingerprint density at radius 1 is 1.22 bits per heavy atom. The van der Waals surface area contributed by atoms with E-state index in [9.17, 15) is 4.79 Å². The minimum absolute atomic E-state index is 0.0680. The molecule has 0 aromatic carbocycles. The van der Waals surface area contributed by atoms with Gasteiger partial charge in [0.1, 0.15) is 17.8 Å². The number of hydrogen-bond donors (Lipinski definition) is 0. The molecule has 0 aliphatic carbocycles. The van der Waals surface area contributed by atoms with E-state index in [1.807, 2.05) is 26.8 Å². The van der Waals surface area contributed by atoms with E-state index in [-0.39, 0.29) is 12.0 Å². The molecule has 3 heterocycles. The zero-order chi connectivity index (χ0) is 16.4. The van der Waals surface area contributed by atoms with E-state index in [4.69, 9.17) is 4.74 Å². The number of ether oxygens (including phenoxy) is 1. The quantitative estimate of drug-likeness (QED) is 0.834. The molecule has 0 saturated carbocycles. The molecule has 0 unspecified atom stereocenters. The highest BCUT2D eigenvalue weighted by molar-refractivity contribution is 5.95. The number of aryl methyl sites for hydroxylation is 3. The van der Waals surface area contributed by atoms with E-state index in [0.29, 0.717) is 42.6 Å². The van der Waals surface area contributed by atoms with Gasteiger partial charge in [0.2, 0.25) is 0 Å². The number of carbonyl (C=O) groups excluding carboxylic acids is 1. The van der Waals surface area contributed by atoms with E-state index in [0.717, 1.165) is 5.69 Å². The van der Waals surface area contributed by atoms with Crippen molar-refractivity contribution in [3.63, 3.8) is 0 Å². The van der Waals surface area contributed by atoms with Gasteiger partial charge in [-0.2, -0.15) is 0 Å². The lowest BCUT2D eigenvalue weighted by atomic mass is 10.1. The van der Waals surface area contributed by atoms with Crippen LogP contribution in [0.4, 0.5) is 0 Å². The fourth-order valence-corrected chi connectivity index (χ4v) is 2.63. The number of rotatable bonds is 2. The van der Waals surface area contributed by atoms with Crippen LogP contribution in [0.25, 0.3) is 0 Å². The normalized spacial score (nSPS) is 18.0. The number of nitrogens with zero attached hydrogens (tertiary/aromatic N) is 5. The van der Waals surface area contributed by atoms with E-state index < -0.39 is 0 Å². The lowest BCUT2D eigenvalue weighted by molar-refractivity contribution is -0.0249. The van der Waals surface area contributed by atoms with Crippen molar-refractivity contribution < 1.29 is 9.53 Å². The molecule has 0 bridgehead atoms. The molecule has 2 aromatic rings. The summed E-state index contributed by atoms with van der Waals surface area (Å²) in [6, 6.07) is 1.83. The molecule has 0 radical (unpaired) electrons. The molecular weight excluding hydrogens is 294 g/mol. The van der Waals surface area contributed by atoms with Crippen molar-refractivity contribution >= 4 is 5.91 Å². The SMILES string of the molecule is Cc1nccc([C@H]2CN(C(=O)c3cnc(C)nc3C)CCO2)n1. The Morgan fingerprint density at radius 3 is 2.74 bits per heavy atom. The number of carbonyl (C=O) groups is 1. The predicted octanol–water partition coefficient (Wildman–Crippen LogP) is 1.41. The first-order valence-corrected chi connectivity index (χ1v) is 7.55. The zero-order valence-electron chi connectivity index (χ0n) is 13.5. The van der Waals surface area contributed by atoms with Crippen molar-refractivity contribution in [1.82, 2.24) is 24.8 Å². The van der Waals surface area contributed by atoms with Crippen LogP contribution < -0.4 is 0 Å². The second-order valence-electron chi connectivity index (χ2n) is 5.56. The van der Waals surface area contributed by atoms with Gasteiger partial charge < -0.3 is 9.64 Å². The Balaban J connectivity index is 1.79. The molecular formula is C16H19N5O2. The maximum Gasteiger partial charge on any atom is 0.257 e. The maximum atomic E-state index is 12.7. The van der Waals surface area contributed by atoms with Gasteiger partial charge in [0, 0.05) is 18.9 Å². The first-order chi connectivity index (χ1) is 11.0. The second-order valence-corrected chi connectivity index (χ2v) is 5.56. The summed E-state index contributed by atoms with van der Waals surface area (Å²) in [6.07, 6.45) is 3.07. The van der Waals surface area contributed by atoms with E-state index in [1.54, 1.807) is 17.3 Å². The number of morpholine rings is 1. The third-order valence-electron chi connectivity index (χ3n) is 3.81. The van der Waals surface area contributed by atoms with Gasteiger partial charge in [-0.15, -0.1) is 0 Å². The Hall–Kier alpha value is -2.41. The minimum Gasteiger partial charge on any atom is -0.368 e. The largest absolute Gasteiger partial charge is 0.368 e. The molecule has 120 valence electrons. The summed E-state index contributed by atoms with van der Waals surface area (Å²) >= 11 is 0. The molecule has 1 aliphatic rings. The summed E-state index contributed by atoms with van der Waals surface area (Å²) in [5.74, 6) is 1.29. The Labute approximate surface area is 134 Å². The summed E-state index contributed by atoms with van der Waals surface area (Å²) in [5.41, 5.74) is 2.03. The highest BCUT2D eigenvalue weighted by Gasteiger charge is 2.28. The molecule has 0 spiro atoms. The molecule has 1 amide bonds. The van der Waals surface area contributed by atoms with Gasteiger partial charge in [0.05, 0.1) is 30.1 Å². The van der Waals surface area contributed by atoms with Crippen LogP contribution in [0.1, 0.15) is 39.5 Å². The molecule has 3 rings (SSSR count). The fraction of sp³-hybridized carbons (Fsp3) is 0.438. The number of amides is 1. The molecule has 2 aromatic heterocycles. The van der Waals surface area contributed by atoms with Crippen LogP contribution in [-0.2, 0) is 4.74 Å². The van der Waals surface area contributed by atoms with E-state index in [2.05, 4.69) is 19.9 Å². The van der Waals surface area contributed by atoms with Crippen molar-refractivity contribution in [2.45, 2.75) is 26.9 Å². The van der Waals surface area contributed by atoms with Crippen molar-refractivity contribution in [3.05, 3.63) is 47.1 Å². The molecule has 0 N–H and O–H groups in total. The Bertz CT molecular complexity index is 734. The van der Waals surface area contributed by atoms with Gasteiger partial charge in [-0.1, -0.05) is 0 Å². The Morgan fingerprint density at radius 2 is 2.00 bits per heavy atom. The lowest BCUT2D eigenvalue weighted by Gasteiger charge is -2.32. The van der Waals surface area contributed by atoms with Gasteiger partial charge in [-0.3, -0.25) is 4.79 Å². The molecule has 1 saturated heterocycles. The van der Waals surface area contributed by atoms with Crippen molar-refractivity contribution in [3.8, 4) is 0 Å². The maximum absolute atomic E-state index is 12.7. The summed E-state index contributed by atoms with van der Waals surface area (Å²) in [7, 11) is 0. The predicted molar refractivity (Wildman–Crippen MR) is 82.9 cm³/mol. The van der Waals surface area contributed by atoms with Crippen LogP contribution >= 0.6 is 0 Å². The number of hydrogen-bond acceptors (Lipinski definition) is 6. The van der Waals surface area contributed by atoms with Gasteiger partial charge in [0.15, 0.2) is 0 Å². The smallest absolute Gasteiger partial charge is 0.257 e. The monoisotopic (exact) mass is 313 g/mol. The summed E-state index contributed by atoms with van der Waals surface area (Å²) < 4.78 is 5.77. The molecule has 1 atom stereocenters. The van der Waals surface area contributed by atoms with Crippen molar-refractivity contribution in [2.24, 2.45) is 0 Å². The standard InChI is InChI=1S/C16H19N5O2/c1-10-13(8-18-12(3)19-10)16(22)21-6-7-23-15(9-21)14-4-5-17-11(2)20-14/h4-5,8,15H,6-7,9H2,1-3H3/t15-/m1/s1. The summed E-state index contributed by atoms with van der Waals surface area (Å²) in [5, 5.41) is 0. The highest BCUT2D eigenvalue weighted by Crippen LogP contribution is 2.22. The fourth-order valence-electron chi connectivity index (χ4n) is 2.63. The molecule has 1 fully saturated rings. The second kappa shape index (κ2) is 6.37. The Kier molecular flexibility index (Phi) is 4.29. The van der Waals surface area contributed by atoms with Crippen LogP contribution in [0.5, 0.6) is 0 Å². The van der Waals surface area contributed by atoms with Gasteiger partial charge in [-0.05, 0) is 26.8 Å². The molecule has 7 nitrogen and oxygen atoms in total.